The van der Waals surface area contributed by atoms with Gasteiger partial charge in [-0.3, -0.25) is 0 Å². The number of aromatic nitrogens is 1. The Morgan fingerprint density at radius 3 is 2.03 bits per heavy atom. The van der Waals surface area contributed by atoms with E-state index in [-0.39, 0.29) is 0 Å². The first-order valence-corrected chi connectivity index (χ1v) is 13.1. The Labute approximate surface area is 224 Å². The van der Waals surface area contributed by atoms with Crippen molar-refractivity contribution in [1.29, 1.82) is 10.5 Å². The lowest BCUT2D eigenvalue weighted by Crippen LogP contribution is -2.46. The topological polar surface area (TPSA) is 59.0 Å². The van der Waals surface area contributed by atoms with Crippen LogP contribution in [0.1, 0.15) is 22.3 Å². The van der Waals surface area contributed by atoms with Gasteiger partial charge in [0.15, 0.2) is 0 Å². The molecule has 5 aromatic rings. The van der Waals surface area contributed by atoms with Gasteiger partial charge in [-0.05, 0) is 66.2 Å². The fourth-order valence-electron chi connectivity index (χ4n) is 5.73. The molecule has 7 heteroatoms. The van der Waals surface area contributed by atoms with Crippen LogP contribution in [0.3, 0.4) is 0 Å². The first-order chi connectivity index (χ1) is 17.6. The zero-order chi connectivity index (χ0) is 24.6. The van der Waals surface area contributed by atoms with Gasteiger partial charge in [0.2, 0.25) is 0 Å². The Kier molecular flexibility index (Phi) is 4.70. The number of hydrogen-bond donors (Lipinski definition) is 0. The zero-order valence-corrected chi connectivity index (χ0v) is 22.1. The standard InChI is InChI=1S/C29H17Br2N5/c30-20-4-7-26-23(9-20)24-10-21(31)5-8-27(24)36(26)22-6-3-19-14-35-16-34(28(19)11-22)15-25-17(12-32)1-2-18(13-33)29(25)35/h1-11H,14-16H2. The molecule has 36 heavy (non-hydrogen) atoms. The van der Waals surface area contributed by atoms with Gasteiger partial charge >= 0.3 is 0 Å². The van der Waals surface area contributed by atoms with Crippen molar-refractivity contribution in [2.75, 3.05) is 16.5 Å². The van der Waals surface area contributed by atoms with Gasteiger partial charge in [-0.15, -0.1) is 0 Å². The van der Waals surface area contributed by atoms with E-state index in [4.69, 9.17) is 0 Å². The molecule has 2 aliphatic rings. The number of nitriles is 2. The summed E-state index contributed by atoms with van der Waals surface area (Å²) in [5.41, 5.74) is 8.90. The molecule has 5 nitrogen and oxygen atoms in total. The first-order valence-electron chi connectivity index (χ1n) is 11.5. The fourth-order valence-corrected chi connectivity index (χ4v) is 6.45. The van der Waals surface area contributed by atoms with Crippen LogP contribution in [0, 0.1) is 22.7 Å². The Hall–Kier alpha value is -3.78. The van der Waals surface area contributed by atoms with E-state index in [0.717, 1.165) is 36.9 Å². The Morgan fingerprint density at radius 1 is 0.694 bits per heavy atom. The molecule has 0 saturated heterocycles. The summed E-state index contributed by atoms with van der Waals surface area (Å²) in [6.45, 7) is 2.00. The van der Waals surface area contributed by atoms with E-state index >= 15 is 0 Å². The number of hydrogen-bond acceptors (Lipinski definition) is 4. The molecule has 172 valence electrons. The van der Waals surface area contributed by atoms with Gasteiger partial charge in [-0.1, -0.05) is 37.9 Å². The highest BCUT2D eigenvalue weighted by molar-refractivity contribution is 9.10. The molecular formula is C29H17Br2N5. The molecule has 7 rings (SSSR count). The van der Waals surface area contributed by atoms with E-state index in [1.807, 2.05) is 0 Å². The lowest BCUT2D eigenvalue weighted by molar-refractivity contribution is 0.649. The average molecular weight is 595 g/mol. The minimum atomic E-state index is 0.605. The monoisotopic (exact) mass is 593 g/mol. The number of fused-ring (bicyclic) bond motifs is 9. The summed E-state index contributed by atoms with van der Waals surface area (Å²) in [5, 5.41) is 21.8. The van der Waals surface area contributed by atoms with Crippen molar-refractivity contribution in [1.82, 2.24) is 4.57 Å². The first kappa shape index (κ1) is 21.5. The third-order valence-corrected chi connectivity index (χ3v) is 8.23. The number of benzene rings is 4. The number of rotatable bonds is 1. The molecule has 0 aliphatic carbocycles. The summed E-state index contributed by atoms with van der Waals surface area (Å²) in [5.74, 6) is 0. The predicted octanol–water partition coefficient (Wildman–Crippen LogP) is 7.35. The van der Waals surface area contributed by atoms with Crippen molar-refractivity contribution in [3.63, 3.8) is 0 Å². The molecule has 1 aromatic heterocycles. The molecule has 0 spiro atoms. The smallest absolute Gasteiger partial charge is 0.101 e. The highest BCUT2D eigenvalue weighted by Crippen LogP contribution is 2.42. The average Bonchev–Trinajstić information content (AvgIpc) is 3.20. The van der Waals surface area contributed by atoms with Gasteiger partial charge < -0.3 is 14.4 Å². The van der Waals surface area contributed by atoms with Crippen LogP contribution in [0.25, 0.3) is 27.5 Å². The molecule has 2 aliphatic heterocycles. The second-order valence-electron chi connectivity index (χ2n) is 9.22. The summed E-state index contributed by atoms with van der Waals surface area (Å²) in [6.07, 6.45) is 0. The van der Waals surface area contributed by atoms with Crippen LogP contribution in [0.15, 0.2) is 75.7 Å². The third kappa shape index (κ3) is 3.03. The number of anilines is 2. The SMILES string of the molecule is N#Cc1ccc(C#N)c2c1CN1CN2Cc2ccc(-n3c4ccc(Br)cc4c4cc(Br)ccc43)cc21. The molecule has 4 aromatic carbocycles. The van der Waals surface area contributed by atoms with Crippen LogP contribution in [-0.2, 0) is 13.1 Å². The molecule has 0 radical (unpaired) electrons. The van der Waals surface area contributed by atoms with E-state index in [2.05, 4.69) is 113 Å². The van der Waals surface area contributed by atoms with Crippen molar-refractivity contribution in [3.05, 3.63) is 97.9 Å². The number of nitrogens with zero attached hydrogens (tertiary/aromatic N) is 5. The van der Waals surface area contributed by atoms with E-state index in [1.165, 1.54) is 22.0 Å². The Balaban J connectivity index is 1.41. The zero-order valence-electron chi connectivity index (χ0n) is 19.0. The maximum Gasteiger partial charge on any atom is 0.101 e. The van der Waals surface area contributed by atoms with Crippen LogP contribution in [0.5, 0.6) is 0 Å². The second kappa shape index (κ2) is 7.86. The van der Waals surface area contributed by atoms with Gasteiger partial charge in [0.05, 0.1) is 40.6 Å². The largest absolute Gasteiger partial charge is 0.349 e. The third-order valence-electron chi connectivity index (χ3n) is 7.25. The van der Waals surface area contributed by atoms with Crippen molar-refractivity contribution < 1.29 is 0 Å². The van der Waals surface area contributed by atoms with E-state index < -0.39 is 0 Å². The number of halogens is 2. The normalized spacial score (nSPS) is 13.9. The van der Waals surface area contributed by atoms with Gasteiger partial charge in [0.25, 0.3) is 0 Å². The van der Waals surface area contributed by atoms with Gasteiger partial charge in [0, 0.05) is 49.7 Å². The quantitative estimate of drug-likeness (QED) is 0.204. The lowest BCUT2D eigenvalue weighted by Gasteiger charge is -2.45. The van der Waals surface area contributed by atoms with Crippen LogP contribution < -0.4 is 9.80 Å². The lowest BCUT2D eigenvalue weighted by atomic mass is 9.95. The maximum atomic E-state index is 9.75. The van der Waals surface area contributed by atoms with Crippen LogP contribution in [0.4, 0.5) is 11.4 Å². The van der Waals surface area contributed by atoms with E-state index in [0.29, 0.717) is 30.9 Å². The van der Waals surface area contributed by atoms with Crippen LogP contribution in [-0.4, -0.2) is 11.2 Å². The highest BCUT2D eigenvalue weighted by atomic mass is 79.9. The minimum Gasteiger partial charge on any atom is -0.349 e. The Morgan fingerprint density at radius 2 is 1.36 bits per heavy atom. The molecule has 0 N–H and O–H groups in total. The van der Waals surface area contributed by atoms with E-state index in [1.54, 1.807) is 12.1 Å². The van der Waals surface area contributed by atoms with Gasteiger partial charge in [0.1, 0.15) is 6.07 Å². The van der Waals surface area contributed by atoms with Crippen molar-refractivity contribution >= 4 is 65.0 Å². The molecule has 0 amide bonds. The minimum absolute atomic E-state index is 0.605. The fraction of sp³-hybridized carbons (Fsp3) is 0.103. The summed E-state index contributed by atoms with van der Waals surface area (Å²) in [6, 6.07) is 27.7. The molecule has 0 fully saturated rings. The molecule has 3 heterocycles. The summed E-state index contributed by atoms with van der Waals surface area (Å²) < 4.78 is 4.43. The van der Waals surface area contributed by atoms with Gasteiger partial charge in [-0.2, -0.15) is 10.5 Å². The second-order valence-corrected chi connectivity index (χ2v) is 11.1. The molecule has 0 saturated carbocycles. The summed E-state index contributed by atoms with van der Waals surface area (Å²) in [7, 11) is 0. The molecule has 2 bridgehead atoms. The van der Waals surface area contributed by atoms with Crippen molar-refractivity contribution in [2.45, 2.75) is 13.1 Å². The van der Waals surface area contributed by atoms with Crippen molar-refractivity contribution in [2.24, 2.45) is 0 Å². The summed E-state index contributed by atoms with van der Waals surface area (Å²) >= 11 is 7.28. The maximum absolute atomic E-state index is 9.75. The highest BCUT2D eigenvalue weighted by Gasteiger charge is 2.33. The predicted molar refractivity (Wildman–Crippen MR) is 149 cm³/mol. The van der Waals surface area contributed by atoms with Gasteiger partial charge in [-0.25, -0.2) is 0 Å². The molecular weight excluding hydrogens is 578 g/mol. The van der Waals surface area contributed by atoms with Crippen molar-refractivity contribution in [3.8, 4) is 17.8 Å². The molecule has 0 atom stereocenters. The van der Waals surface area contributed by atoms with Crippen LogP contribution in [0.2, 0.25) is 0 Å². The molecule has 0 unspecified atom stereocenters. The van der Waals surface area contributed by atoms with Crippen LogP contribution >= 0.6 is 31.9 Å². The summed E-state index contributed by atoms with van der Waals surface area (Å²) in [4.78, 5) is 4.53. The Bertz CT molecular complexity index is 1780. The van der Waals surface area contributed by atoms with E-state index in [9.17, 15) is 10.5 Å².